The van der Waals surface area contributed by atoms with E-state index in [1.807, 2.05) is 26.1 Å². The number of rotatable bonds is 4. The van der Waals surface area contributed by atoms with Gasteiger partial charge in [0.05, 0.1) is 5.52 Å². The van der Waals surface area contributed by atoms with E-state index in [1.54, 1.807) is 0 Å². The molecule has 0 radical (unpaired) electrons. The van der Waals surface area contributed by atoms with Crippen molar-refractivity contribution in [2.75, 3.05) is 25.9 Å². The molecule has 2 rings (SSSR count). The lowest BCUT2D eigenvalue weighted by molar-refractivity contribution is 0.321. The molecular weight excluding hydrogens is 214 g/mol. The van der Waals surface area contributed by atoms with Crippen molar-refractivity contribution in [2.24, 2.45) is 0 Å². The van der Waals surface area contributed by atoms with Gasteiger partial charge < -0.3 is 20.8 Å². The predicted octanol–water partition coefficient (Wildman–Crippen LogP) is 1.97. The van der Waals surface area contributed by atoms with Gasteiger partial charge in [0, 0.05) is 23.3 Å². The molecule has 4 heteroatoms. The van der Waals surface area contributed by atoms with Gasteiger partial charge in [-0.1, -0.05) is 0 Å². The van der Waals surface area contributed by atoms with E-state index in [0.717, 1.165) is 34.6 Å². The highest BCUT2D eigenvalue weighted by Crippen LogP contribution is 2.33. The number of nitrogens with two attached hydrogens (primary N) is 1. The lowest BCUT2D eigenvalue weighted by Crippen LogP contribution is -2.16. The van der Waals surface area contributed by atoms with Crippen molar-refractivity contribution in [1.29, 1.82) is 0 Å². The Morgan fingerprint density at radius 2 is 2.12 bits per heavy atom. The van der Waals surface area contributed by atoms with Crippen LogP contribution in [-0.4, -0.2) is 25.2 Å². The zero-order chi connectivity index (χ0) is 12.4. The van der Waals surface area contributed by atoms with Crippen LogP contribution in [0, 0.1) is 13.8 Å². The van der Waals surface area contributed by atoms with Crippen LogP contribution in [-0.2, 0) is 0 Å². The van der Waals surface area contributed by atoms with E-state index < -0.39 is 0 Å². The Bertz CT molecular complexity index is 531. The fraction of sp³-hybridized carbons (Fsp3) is 0.385. The quantitative estimate of drug-likeness (QED) is 0.559. The molecule has 17 heavy (non-hydrogen) atoms. The molecule has 0 saturated heterocycles. The number of aryl methyl sites for hydroxylation is 2. The van der Waals surface area contributed by atoms with E-state index in [1.165, 1.54) is 5.56 Å². The molecule has 0 aliphatic rings. The second-order valence-corrected chi connectivity index (χ2v) is 4.23. The summed E-state index contributed by atoms with van der Waals surface area (Å²) in [4.78, 5) is 3.34. The van der Waals surface area contributed by atoms with Crippen molar-refractivity contribution < 1.29 is 4.74 Å². The molecule has 0 spiro atoms. The van der Waals surface area contributed by atoms with Gasteiger partial charge in [-0.05, 0) is 38.6 Å². The number of hydrogen-bond acceptors (Lipinski definition) is 3. The summed E-state index contributed by atoms with van der Waals surface area (Å²) in [5, 5.41) is 4.13. The van der Waals surface area contributed by atoms with Crippen molar-refractivity contribution in [1.82, 2.24) is 10.3 Å². The summed E-state index contributed by atoms with van der Waals surface area (Å²) in [7, 11) is 1.91. The van der Waals surface area contributed by atoms with Gasteiger partial charge in [-0.15, -0.1) is 0 Å². The lowest BCUT2D eigenvalue weighted by atomic mass is 10.1. The normalized spacial score (nSPS) is 11.0. The highest BCUT2D eigenvalue weighted by atomic mass is 16.5. The number of nitrogens with one attached hydrogen (secondary N) is 2. The Kier molecular flexibility index (Phi) is 3.24. The van der Waals surface area contributed by atoms with Crippen LogP contribution in [0.3, 0.4) is 0 Å². The summed E-state index contributed by atoms with van der Waals surface area (Å²) in [6, 6.07) is 3.82. The van der Waals surface area contributed by atoms with Gasteiger partial charge in [-0.3, -0.25) is 0 Å². The van der Waals surface area contributed by atoms with Gasteiger partial charge in [0.25, 0.3) is 0 Å². The smallest absolute Gasteiger partial charge is 0.143 e. The zero-order valence-electron chi connectivity index (χ0n) is 10.6. The number of aromatic nitrogens is 1. The average molecular weight is 233 g/mol. The van der Waals surface area contributed by atoms with Gasteiger partial charge >= 0.3 is 0 Å². The topological polar surface area (TPSA) is 63.1 Å². The average Bonchev–Trinajstić information content (AvgIpc) is 2.60. The monoisotopic (exact) mass is 233 g/mol. The molecule has 0 aliphatic heterocycles. The maximum atomic E-state index is 6.01. The minimum Gasteiger partial charge on any atom is -0.490 e. The lowest BCUT2D eigenvalue weighted by Gasteiger charge is -2.08. The number of ether oxygens (including phenoxy) is 1. The first-order valence-electron chi connectivity index (χ1n) is 5.80. The van der Waals surface area contributed by atoms with Gasteiger partial charge in [-0.25, -0.2) is 0 Å². The van der Waals surface area contributed by atoms with Crippen LogP contribution in [0.15, 0.2) is 12.1 Å². The first-order valence-corrected chi connectivity index (χ1v) is 5.80. The number of H-pyrrole nitrogens is 1. The molecule has 0 amide bonds. The van der Waals surface area contributed by atoms with Crippen molar-refractivity contribution in [3.8, 4) is 5.75 Å². The zero-order valence-corrected chi connectivity index (χ0v) is 10.6. The third-order valence-corrected chi connectivity index (χ3v) is 3.06. The first-order chi connectivity index (χ1) is 8.15. The maximum absolute atomic E-state index is 6.01. The predicted molar refractivity (Wildman–Crippen MR) is 71.6 cm³/mol. The molecule has 0 atom stereocenters. The molecule has 1 heterocycles. The summed E-state index contributed by atoms with van der Waals surface area (Å²) < 4.78 is 5.73. The Morgan fingerprint density at radius 3 is 2.82 bits per heavy atom. The van der Waals surface area contributed by atoms with Crippen LogP contribution in [0.25, 0.3) is 10.9 Å². The van der Waals surface area contributed by atoms with Crippen molar-refractivity contribution >= 4 is 16.6 Å². The number of hydrogen-bond donors (Lipinski definition) is 3. The van der Waals surface area contributed by atoms with Crippen LogP contribution in [0.2, 0.25) is 0 Å². The van der Waals surface area contributed by atoms with Crippen molar-refractivity contribution in [2.45, 2.75) is 13.8 Å². The van der Waals surface area contributed by atoms with E-state index in [2.05, 4.69) is 17.2 Å². The summed E-state index contributed by atoms with van der Waals surface area (Å²) in [5.74, 6) is 0.862. The standard InChI is InChI=1S/C13H19N3O/c1-8-9(2)16-13-11(17-7-6-15-3)5-4-10(14)12(8)13/h4-5,15-16H,6-7,14H2,1-3H3. The first kappa shape index (κ1) is 11.8. The number of benzene rings is 1. The Balaban J connectivity index is 2.44. The van der Waals surface area contributed by atoms with Gasteiger partial charge in [0.2, 0.25) is 0 Å². The van der Waals surface area contributed by atoms with Gasteiger partial charge in [0.1, 0.15) is 12.4 Å². The molecule has 1 aromatic carbocycles. The molecule has 4 nitrogen and oxygen atoms in total. The molecule has 0 aliphatic carbocycles. The molecule has 0 fully saturated rings. The van der Waals surface area contributed by atoms with E-state index in [-0.39, 0.29) is 0 Å². The Morgan fingerprint density at radius 1 is 1.35 bits per heavy atom. The van der Waals surface area contributed by atoms with Crippen molar-refractivity contribution in [3.63, 3.8) is 0 Å². The fourth-order valence-corrected chi connectivity index (χ4v) is 1.98. The molecule has 0 bridgehead atoms. The van der Waals surface area contributed by atoms with Crippen LogP contribution >= 0.6 is 0 Å². The van der Waals surface area contributed by atoms with E-state index >= 15 is 0 Å². The highest BCUT2D eigenvalue weighted by molar-refractivity contribution is 5.98. The van der Waals surface area contributed by atoms with Crippen LogP contribution in [0.4, 0.5) is 5.69 Å². The number of likely N-dealkylation sites (N-methyl/N-ethyl adjacent to an activating group) is 1. The van der Waals surface area contributed by atoms with E-state index in [9.17, 15) is 0 Å². The molecule has 92 valence electrons. The molecule has 0 saturated carbocycles. The van der Waals surface area contributed by atoms with Crippen LogP contribution < -0.4 is 15.8 Å². The van der Waals surface area contributed by atoms with Crippen LogP contribution in [0.1, 0.15) is 11.3 Å². The summed E-state index contributed by atoms with van der Waals surface area (Å²) in [6.07, 6.45) is 0. The van der Waals surface area contributed by atoms with Gasteiger partial charge in [0.15, 0.2) is 0 Å². The summed E-state index contributed by atoms with van der Waals surface area (Å²) in [5.41, 5.74) is 10.1. The minimum absolute atomic E-state index is 0.645. The second-order valence-electron chi connectivity index (χ2n) is 4.23. The van der Waals surface area contributed by atoms with Crippen LogP contribution in [0.5, 0.6) is 5.75 Å². The Labute approximate surface area is 101 Å². The number of nitrogen functional groups attached to an aromatic ring is 1. The Hall–Kier alpha value is -1.68. The number of fused-ring (bicyclic) bond motifs is 1. The minimum atomic E-state index is 0.645. The number of anilines is 1. The van der Waals surface area contributed by atoms with E-state index in [0.29, 0.717) is 6.61 Å². The molecule has 1 aromatic heterocycles. The SMILES string of the molecule is CNCCOc1ccc(N)c2c(C)c(C)[nH]c12. The summed E-state index contributed by atoms with van der Waals surface area (Å²) in [6.45, 7) is 5.59. The third-order valence-electron chi connectivity index (χ3n) is 3.06. The third kappa shape index (κ3) is 2.08. The maximum Gasteiger partial charge on any atom is 0.143 e. The highest BCUT2D eigenvalue weighted by Gasteiger charge is 2.11. The largest absolute Gasteiger partial charge is 0.490 e. The molecule has 2 aromatic rings. The summed E-state index contributed by atoms with van der Waals surface area (Å²) >= 11 is 0. The fourth-order valence-electron chi connectivity index (χ4n) is 1.98. The molecular formula is C13H19N3O. The second kappa shape index (κ2) is 4.67. The molecule has 4 N–H and O–H groups in total. The van der Waals surface area contributed by atoms with Gasteiger partial charge in [-0.2, -0.15) is 0 Å². The molecule has 0 unspecified atom stereocenters. The van der Waals surface area contributed by atoms with Crippen molar-refractivity contribution in [3.05, 3.63) is 23.4 Å². The number of aromatic amines is 1. The van der Waals surface area contributed by atoms with E-state index in [4.69, 9.17) is 10.5 Å².